The number of carbonyl (C=O) groups is 1. The molecule has 3 rings (SSSR count). The molecule has 23 heavy (non-hydrogen) atoms. The average Bonchev–Trinajstić information content (AvgIpc) is 3.05. The molecule has 0 saturated heterocycles. The van der Waals surface area contributed by atoms with Gasteiger partial charge in [0.25, 0.3) is 5.91 Å². The number of hydrogen-bond acceptors (Lipinski definition) is 4. The zero-order chi connectivity index (χ0) is 16.4. The number of aromatic nitrogens is 1. The lowest BCUT2D eigenvalue weighted by atomic mass is 10.1. The molecule has 0 saturated carbocycles. The topological polar surface area (TPSA) is 42.4 Å². The molecule has 0 radical (unpaired) electrons. The Hall–Kier alpha value is -2.40. The highest BCUT2D eigenvalue weighted by Crippen LogP contribution is 2.22. The van der Waals surface area contributed by atoms with Gasteiger partial charge in [-0.05, 0) is 47.5 Å². The average molecular weight is 326 g/mol. The van der Waals surface area contributed by atoms with Gasteiger partial charge in [0.15, 0.2) is 0 Å². The minimum atomic E-state index is -0.0149. The van der Waals surface area contributed by atoms with Crippen LogP contribution in [-0.4, -0.2) is 29.9 Å². The quantitative estimate of drug-likeness (QED) is 0.730. The predicted molar refractivity (Wildman–Crippen MR) is 93.1 cm³/mol. The van der Waals surface area contributed by atoms with Crippen LogP contribution in [0, 0.1) is 6.92 Å². The molecule has 0 unspecified atom stereocenters. The number of hydrogen-bond donors (Lipinski definition) is 0. The lowest BCUT2D eigenvalue weighted by Gasteiger charge is -2.18. The number of pyridine rings is 1. The number of methoxy groups -OCH3 is 1. The van der Waals surface area contributed by atoms with E-state index in [1.165, 1.54) is 0 Å². The van der Waals surface area contributed by atoms with Crippen molar-refractivity contribution in [2.75, 3.05) is 14.2 Å². The Morgan fingerprint density at radius 3 is 2.83 bits per heavy atom. The first kappa shape index (κ1) is 15.5. The van der Waals surface area contributed by atoms with Crippen LogP contribution < -0.4 is 4.74 Å². The number of thiophene rings is 1. The number of fused-ring (bicyclic) bond motifs is 1. The molecular formula is C18H18N2O2S. The lowest BCUT2D eigenvalue weighted by Crippen LogP contribution is -2.27. The summed E-state index contributed by atoms with van der Waals surface area (Å²) in [5, 5.41) is 5.01. The number of benzene rings is 1. The Kier molecular flexibility index (Phi) is 4.30. The van der Waals surface area contributed by atoms with E-state index < -0.39 is 0 Å². The number of rotatable bonds is 4. The highest BCUT2D eigenvalue weighted by Gasteiger charge is 2.16. The molecule has 118 valence electrons. The summed E-state index contributed by atoms with van der Waals surface area (Å²) in [6, 6.07) is 9.63. The zero-order valence-corrected chi connectivity index (χ0v) is 14.2. The van der Waals surface area contributed by atoms with Crippen molar-refractivity contribution < 1.29 is 9.53 Å². The van der Waals surface area contributed by atoms with Crippen LogP contribution in [0.25, 0.3) is 10.9 Å². The summed E-state index contributed by atoms with van der Waals surface area (Å²) < 4.78 is 5.22. The highest BCUT2D eigenvalue weighted by molar-refractivity contribution is 7.07. The molecule has 0 spiro atoms. The monoisotopic (exact) mass is 326 g/mol. The first-order valence-electron chi connectivity index (χ1n) is 7.30. The fourth-order valence-electron chi connectivity index (χ4n) is 2.52. The van der Waals surface area contributed by atoms with E-state index in [0.29, 0.717) is 12.1 Å². The normalized spacial score (nSPS) is 10.7. The number of carbonyl (C=O) groups excluding carboxylic acids is 1. The van der Waals surface area contributed by atoms with E-state index in [1.807, 2.05) is 49.7 Å². The highest BCUT2D eigenvalue weighted by atomic mass is 32.1. The van der Waals surface area contributed by atoms with Gasteiger partial charge in [-0.2, -0.15) is 11.3 Å². The lowest BCUT2D eigenvalue weighted by molar-refractivity contribution is 0.0784. The number of ether oxygens (including phenoxy) is 1. The fraction of sp³-hybridized carbons (Fsp3) is 0.222. The van der Waals surface area contributed by atoms with Gasteiger partial charge in [-0.25, -0.2) is 0 Å². The van der Waals surface area contributed by atoms with Crippen molar-refractivity contribution in [2.45, 2.75) is 13.5 Å². The van der Waals surface area contributed by atoms with Crippen molar-refractivity contribution in [2.24, 2.45) is 0 Å². The number of aryl methyl sites for hydroxylation is 1. The molecule has 4 nitrogen and oxygen atoms in total. The van der Waals surface area contributed by atoms with Crippen LogP contribution in [0.1, 0.15) is 21.6 Å². The first-order chi connectivity index (χ1) is 11.1. The molecule has 1 amide bonds. The van der Waals surface area contributed by atoms with Gasteiger partial charge in [0, 0.05) is 25.0 Å². The molecule has 3 aromatic rings. The van der Waals surface area contributed by atoms with Crippen molar-refractivity contribution in [1.82, 2.24) is 9.88 Å². The molecule has 5 heteroatoms. The van der Waals surface area contributed by atoms with E-state index in [2.05, 4.69) is 10.4 Å². The van der Waals surface area contributed by atoms with E-state index in [1.54, 1.807) is 23.3 Å². The van der Waals surface area contributed by atoms with E-state index in [9.17, 15) is 4.79 Å². The standard InChI is InChI=1S/C18H18N2O2S/c1-12-16(18(21)20(2)10-13-6-7-23-11-13)8-14-4-5-15(22-3)9-17(14)19-12/h4-9,11H,10H2,1-3H3. The van der Waals surface area contributed by atoms with Gasteiger partial charge in [-0.3, -0.25) is 9.78 Å². The van der Waals surface area contributed by atoms with Crippen LogP contribution >= 0.6 is 11.3 Å². The molecule has 1 aromatic carbocycles. The largest absolute Gasteiger partial charge is 0.497 e. The summed E-state index contributed by atoms with van der Waals surface area (Å²) in [5.74, 6) is 0.747. The molecule has 0 fully saturated rings. The molecular weight excluding hydrogens is 308 g/mol. The Morgan fingerprint density at radius 1 is 1.30 bits per heavy atom. The number of amides is 1. The molecule has 0 N–H and O–H groups in total. The van der Waals surface area contributed by atoms with E-state index >= 15 is 0 Å². The summed E-state index contributed by atoms with van der Waals surface area (Å²) in [4.78, 5) is 19.0. The Bertz CT molecular complexity index is 844. The maximum absolute atomic E-state index is 12.7. The summed E-state index contributed by atoms with van der Waals surface area (Å²) in [6.07, 6.45) is 0. The molecule has 0 aliphatic heterocycles. The van der Waals surface area contributed by atoms with E-state index in [4.69, 9.17) is 4.74 Å². The molecule has 0 aliphatic carbocycles. The summed E-state index contributed by atoms with van der Waals surface area (Å²) in [5.41, 5.74) is 3.34. The van der Waals surface area contributed by atoms with Crippen molar-refractivity contribution in [1.29, 1.82) is 0 Å². The van der Waals surface area contributed by atoms with Gasteiger partial charge in [0.05, 0.1) is 23.9 Å². The Morgan fingerprint density at radius 2 is 2.13 bits per heavy atom. The molecule has 0 atom stereocenters. The third kappa shape index (κ3) is 3.19. The van der Waals surface area contributed by atoms with Gasteiger partial charge in [0.1, 0.15) is 5.75 Å². The van der Waals surface area contributed by atoms with Crippen molar-refractivity contribution in [3.63, 3.8) is 0 Å². The molecule has 2 aromatic heterocycles. The molecule has 2 heterocycles. The van der Waals surface area contributed by atoms with E-state index in [0.717, 1.165) is 27.9 Å². The second-order valence-corrected chi connectivity index (χ2v) is 6.25. The minimum Gasteiger partial charge on any atom is -0.497 e. The van der Waals surface area contributed by atoms with Crippen LogP contribution in [0.15, 0.2) is 41.1 Å². The first-order valence-corrected chi connectivity index (χ1v) is 8.24. The summed E-state index contributed by atoms with van der Waals surface area (Å²) in [6.45, 7) is 2.47. The third-order valence-electron chi connectivity index (χ3n) is 3.79. The van der Waals surface area contributed by atoms with Crippen LogP contribution in [0.5, 0.6) is 5.75 Å². The second kappa shape index (κ2) is 6.38. The molecule has 0 aliphatic rings. The molecule has 0 bridgehead atoms. The van der Waals surface area contributed by atoms with E-state index in [-0.39, 0.29) is 5.91 Å². The smallest absolute Gasteiger partial charge is 0.255 e. The SMILES string of the molecule is COc1ccc2cc(C(=O)N(C)Cc3ccsc3)c(C)nc2c1. The predicted octanol–water partition coefficient (Wildman–Crippen LogP) is 3.89. The Labute approximate surface area is 139 Å². The third-order valence-corrected chi connectivity index (χ3v) is 4.52. The maximum Gasteiger partial charge on any atom is 0.255 e. The van der Waals surface area contributed by atoms with Gasteiger partial charge >= 0.3 is 0 Å². The zero-order valence-electron chi connectivity index (χ0n) is 13.4. The van der Waals surface area contributed by atoms with Gasteiger partial charge in [-0.15, -0.1) is 0 Å². The van der Waals surface area contributed by atoms with Crippen molar-refractivity contribution in [3.05, 3.63) is 57.9 Å². The van der Waals surface area contributed by atoms with Crippen LogP contribution in [0.2, 0.25) is 0 Å². The summed E-state index contributed by atoms with van der Waals surface area (Å²) in [7, 11) is 3.45. The fourth-order valence-corrected chi connectivity index (χ4v) is 3.18. The van der Waals surface area contributed by atoms with Crippen LogP contribution in [0.3, 0.4) is 0 Å². The second-order valence-electron chi connectivity index (χ2n) is 5.47. The van der Waals surface area contributed by atoms with Gasteiger partial charge in [0.2, 0.25) is 0 Å². The van der Waals surface area contributed by atoms with Crippen LogP contribution in [0.4, 0.5) is 0 Å². The minimum absolute atomic E-state index is 0.0149. The van der Waals surface area contributed by atoms with Gasteiger partial charge < -0.3 is 9.64 Å². The van der Waals surface area contributed by atoms with Crippen molar-refractivity contribution in [3.8, 4) is 5.75 Å². The maximum atomic E-state index is 12.7. The Balaban J connectivity index is 1.92. The van der Waals surface area contributed by atoms with Crippen molar-refractivity contribution >= 4 is 28.1 Å². The number of nitrogens with zero attached hydrogens (tertiary/aromatic N) is 2. The van der Waals surface area contributed by atoms with Gasteiger partial charge in [-0.1, -0.05) is 0 Å². The van der Waals surface area contributed by atoms with Crippen LogP contribution in [-0.2, 0) is 6.54 Å². The summed E-state index contributed by atoms with van der Waals surface area (Å²) >= 11 is 1.64.